The van der Waals surface area contributed by atoms with E-state index in [2.05, 4.69) is 68.4 Å². The molecular weight excluding hydrogens is 434 g/mol. The fourth-order valence-corrected chi connectivity index (χ4v) is 6.08. The summed E-state index contributed by atoms with van der Waals surface area (Å²) in [6.07, 6.45) is 22.2. The Labute approximate surface area is 222 Å². The van der Waals surface area contributed by atoms with Crippen LogP contribution in [0.2, 0.25) is 0 Å². The van der Waals surface area contributed by atoms with Gasteiger partial charge in [-0.2, -0.15) is 5.26 Å². The zero-order chi connectivity index (χ0) is 25.4. The van der Waals surface area contributed by atoms with Crippen molar-refractivity contribution in [3.8, 4) is 17.2 Å². The van der Waals surface area contributed by atoms with Gasteiger partial charge in [-0.15, -0.1) is 0 Å². The second kappa shape index (κ2) is 16.6. The van der Waals surface area contributed by atoms with Gasteiger partial charge in [0.1, 0.15) is 0 Å². The van der Waals surface area contributed by atoms with E-state index in [0.29, 0.717) is 0 Å². The predicted molar refractivity (Wildman–Crippen MR) is 156 cm³/mol. The summed E-state index contributed by atoms with van der Waals surface area (Å²) in [5, 5.41) is 9.81. The number of nitrogens with zero attached hydrogens (tertiary/aromatic N) is 1. The molecular formula is C35H51N. The van der Waals surface area contributed by atoms with Gasteiger partial charge in [-0.05, 0) is 66.2 Å². The van der Waals surface area contributed by atoms with Crippen molar-refractivity contribution >= 4 is 0 Å². The van der Waals surface area contributed by atoms with E-state index in [1.165, 1.54) is 112 Å². The van der Waals surface area contributed by atoms with Gasteiger partial charge in [-0.25, -0.2) is 0 Å². The number of benzene rings is 2. The summed E-state index contributed by atoms with van der Waals surface area (Å²) >= 11 is 0. The molecule has 0 saturated heterocycles. The fourth-order valence-electron chi connectivity index (χ4n) is 6.08. The van der Waals surface area contributed by atoms with Crippen LogP contribution >= 0.6 is 0 Å². The second-order valence-corrected chi connectivity index (χ2v) is 11.5. The minimum atomic E-state index is 0.209. The highest BCUT2D eigenvalue weighted by Crippen LogP contribution is 2.36. The van der Waals surface area contributed by atoms with Crippen LogP contribution in [-0.4, -0.2) is 0 Å². The quantitative estimate of drug-likeness (QED) is 0.217. The number of hydrogen-bond acceptors (Lipinski definition) is 1. The molecule has 1 saturated carbocycles. The maximum atomic E-state index is 9.81. The third-order valence-electron chi connectivity index (χ3n) is 8.57. The number of unbranched alkanes of at least 4 members (excludes halogenated alkanes) is 6. The van der Waals surface area contributed by atoms with Gasteiger partial charge in [0.05, 0.1) is 6.07 Å². The largest absolute Gasteiger partial charge is 0.198 e. The molecule has 0 radical (unpaired) electrons. The molecule has 0 heterocycles. The average Bonchev–Trinajstić information content (AvgIpc) is 2.92. The summed E-state index contributed by atoms with van der Waals surface area (Å²) in [5.74, 6) is 1.94. The van der Waals surface area contributed by atoms with E-state index in [9.17, 15) is 5.26 Å². The van der Waals surface area contributed by atoms with E-state index in [1.807, 2.05) is 0 Å². The maximum Gasteiger partial charge on any atom is 0.0656 e. The number of aryl methyl sites for hydroxylation is 2. The molecule has 2 aromatic rings. The molecule has 1 atom stereocenters. The highest BCUT2D eigenvalue weighted by atomic mass is 14.3. The molecule has 0 amide bonds. The molecule has 1 aliphatic rings. The Morgan fingerprint density at radius 3 is 1.78 bits per heavy atom. The van der Waals surface area contributed by atoms with E-state index >= 15 is 0 Å². The third kappa shape index (κ3) is 10.1. The molecule has 0 N–H and O–H groups in total. The van der Waals surface area contributed by atoms with E-state index in [0.717, 1.165) is 31.1 Å². The van der Waals surface area contributed by atoms with Crippen LogP contribution in [0.1, 0.15) is 121 Å². The summed E-state index contributed by atoms with van der Waals surface area (Å²) in [7, 11) is 0. The lowest BCUT2D eigenvalue weighted by atomic mass is 9.76. The highest BCUT2D eigenvalue weighted by Gasteiger charge is 2.23. The van der Waals surface area contributed by atoms with Crippen LogP contribution in [0.5, 0.6) is 0 Å². The number of hydrogen-bond donors (Lipinski definition) is 0. The van der Waals surface area contributed by atoms with E-state index in [1.54, 1.807) is 0 Å². The lowest BCUT2D eigenvalue weighted by Crippen LogP contribution is -2.17. The first kappa shape index (κ1) is 28.5. The van der Waals surface area contributed by atoms with Crippen molar-refractivity contribution in [3.05, 3.63) is 59.7 Å². The minimum Gasteiger partial charge on any atom is -0.198 e. The normalized spacial score (nSPS) is 18.6. The van der Waals surface area contributed by atoms with Crippen LogP contribution < -0.4 is 0 Å². The van der Waals surface area contributed by atoms with Gasteiger partial charge >= 0.3 is 0 Å². The van der Waals surface area contributed by atoms with Gasteiger partial charge in [-0.3, -0.25) is 0 Å². The number of nitriles is 1. The molecule has 0 aliphatic heterocycles. The van der Waals surface area contributed by atoms with Crippen LogP contribution in [0, 0.1) is 29.1 Å². The molecule has 1 unspecified atom stereocenters. The zero-order valence-corrected chi connectivity index (χ0v) is 23.3. The van der Waals surface area contributed by atoms with Gasteiger partial charge in [0.2, 0.25) is 0 Å². The first-order valence-electron chi connectivity index (χ1n) is 15.3. The minimum absolute atomic E-state index is 0.209. The second-order valence-electron chi connectivity index (χ2n) is 11.5. The maximum absolute atomic E-state index is 9.81. The van der Waals surface area contributed by atoms with Gasteiger partial charge in [-0.1, -0.05) is 139 Å². The monoisotopic (exact) mass is 485 g/mol. The van der Waals surface area contributed by atoms with Crippen LogP contribution in [-0.2, 0) is 12.8 Å². The third-order valence-corrected chi connectivity index (χ3v) is 8.57. The van der Waals surface area contributed by atoms with Crippen molar-refractivity contribution in [2.45, 2.75) is 123 Å². The van der Waals surface area contributed by atoms with Gasteiger partial charge in [0, 0.05) is 5.92 Å². The standard InChI is InChI=1S/C35H51N/c1-3-5-7-8-10-12-29-13-16-32(17-14-29)27-33(28-36)18-15-31-21-25-35(26-22-31)34-23-19-30(20-24-34)11-9-6-4-2/h19-26,29,32-33H,3-18,27H2,1-2H3/t29-,32-,33?. The lowest BCUT2D eigenvalue weighted by molar-refractivity contribution is 0.233. The number of rotatable bonds is 16. The van der Waals surface area contributed by atoms with Gasteiger partial charge in [0.25, 0.3) is 0 Å². The Balaban J connectivity index is 1.37. The predicted octanol–water partition coefficient (Wildman–Crippen LogP) is 10.7. The van der Waals surface area contributed by atoms with Crippen LogP contribution in [0.25, 0.3) is 11.1 Å². The van der Waals surface area contributed by atoms with E-state index in [-0.39, 0.29) is 5.92 Å². The van der Waals surface area contributed by atoms with Crippen molar-refractivity contribution in [2.75, 3.05) is 0 Å². The first-order chi connectivity index (χ1) is 17.7. The summed E-state index contributed by atoms with van der Waals surface area (Å²) in [6, 6.07) is 20.8. The summed E-state index contributed by atoms with van der Waals surface area (Å²) in [5.41, 5.74) is 5.40. The molecule has 1 fully saturated rings. The van der Waals surface area contributed by atoms with Crippen molar-refractivity contribution in [1.29, 1.82) is 5.26 Å². The highest BCUT2D eigenvalue weighted by molar-refractivity contribution is 5.64. The molecule has 0 bridgehead atoms. The van der Waals surface area contributed by atoms with E-state index < -0.39 is 0 Å². The molecule has 196 valence electrons. The molecule has 1 aliphatic carbocycles. The zero-order valence-electron chi connectivity index (χ0n) is 23.3. The molecule has 0 spiro atoms. The molecule has 36 heavy (non-hydrogen) atoms. The topological polar surface area (TPSA) is 23.8 Å². The SMILES string of the molecule is CCCCCCC[C@H]1CC[C@H](CC(C#N)CCc2ccc(-c3ccc(CCCCC)cc3)cc2)CC1. The summed E-state index contributed by atoms with van der Waals surface area (Å²) in [4.78, 5) is 0. The Morgan fingerprint density at radius 2 is 1.19 bits per heavy atom. The lowest BCUT2D eigenvalue weighted by Gasteiger charge is -2.29. The molecule has 2 aromatic carbocycles. The summed E-state index contributed by atoms with van der Waals surface area (Å²) in [6.45, 7) is 4.55. The van der Waals surface area contributed by atoms with Crippen molar-refractivity contribution in [3.63, 3.8) is 0 Å². The molecule has 3 rings (SSSR count). The van der Waals surface area contributed by atoms with Crippen LogP contribution in [0.4, 0.5) is 0 Å². The average molecular weight is 486 g/mol. The fraction of sp³-hybridized carbons (Fsp3) is 0.629. The molecule has 1 nitrogen and oxygen atoms in total. The summed E-state index contributed by atoms with van der Waals surface area (Å²) < 4.78 is 0. The van der Waals surface area contributed by atoms with Gasteiger partial charge in [0.15, 0.2) is 0 Å². The molecule has 0 aromatic heterocycles. The van der Waals surface area contributed by atoms with Gasteiger partial charge < -0.3 is 0 Å². The Kier molecular flexibility index (Phi) is 13.2. The smallest absolute Gasteiger partial charge is 0.0656 e. The van der Waals surface area contributed by atoms with Crippen molar-refractivity contribution in [2.24, 2.45) is 17.8 Å². The molecule has 1 heteroatoms. The Hall–Kier alpha value is -2.07. The van der Waals surface area contributed by atoms with Crippen molar-refractivity contribution < 1.29 is 0 Å². The van der Waals surface area contributed by atoms with Crippen LogP contribution in [0.3, 0.4) is 0 Å². The Bertz CT molecular complexity index is 864. The van der Waals surface area contributed by atoms with E-state index in [4.69, 9.17) is 0 Å². The Morgan fingerprint density at radius 1 is 0.667 bits per heavy atom. The van der Waals surface area contributed by atoms with Crippen LogP contribution in [0.15, 0.2) is 48.5 Å². The first-order valence-corrected chi connectivity index (χ1v) is 15.3. The van der Waals surface area contributed by atoms with Crippen molar-refractivity contribution in [1.82, 2.24) is 0 Å².